The van der Waals surface area contributed by atoms with Gasteiger partial charge in [0.1, 0.15) is 11.4 Å². The van der Waals surface area contributed by atoms with Crippen molar-refractivity contribution in [2.24, 2.45) is 7.05 Å². The smallest absolute Gasteiger partial charge is 0.254 e. The van der Waals surface area contributed by atoms with Crippen molar-refractivity contribution in [2.45, 2.75) is 25.4 Å². The molecular formula is C24H27FN4O3. The molecule has 1 aromatic heterocycles. The number of benzene rings is 1. The molecule has 2 fully saturated rings. The van der Waals surface area contributed by atoms with Crippen molar-refractivity contribution in [1.29, 1.82) is 0 Å². The zero-order valence-corrected chi connectivity index (χ0v) is 18.3. The fourth-order valence-electron chi connectivity index (χ4n) is 3.92. The lowest BCUT2D eigenvalue weighted by Gasteiger charge is -2.36. The van der Waals surface area contributed by atoms with Crippen LogP contribution in [0.5, 0.6) is 0 Å². The largest absolute Gasteiger partial charge is 0.380 e. The van der Waals surface area contributed by atoms with Crippen molar-refractivity contribution in [3.8, 4) is 0 Å². The third-order valence-corrected chi connectivity index (χ3v) is 6.17. The summed E-state index contributed by atoms with van der Waals surface area (Å²) in [7, 11) is 1.82. The fourth-order valence-corrected chi connectivity index (χ4v) is 3.92. The molecule has 0 atom stereocenters. The predicted octanol–water partition coefficient (Wildman–Crippen LogP) is 2.58. The molecule has 1 aromatic carbocycles. The number of aryl methyl sites for hydroxylation is 1. The van der Waals surface area contributed by atoms with Crippen LogP contribution in [0.25, 0.3) is 16.5 Å². The molecule has 2 amide bonds. The summed E-state index contributed by atoms with van der Waals surface area (Å²) in [4.78, 5) is 28.4. The molecule has 0 bridgehead atoms. The number of hydrogen-bond acceptors (Lipinski definition) is 4. The van der Waals surface area contributed by atoms with E-state index in [1.165, 1.54) is 0 Å². The van der Waals surface area contributed by atoms with Crippen molar-refractivity contribution in [3.63, 3.8) is 0 Å². The second kappa shape index (κ2) is 8.35. The zero-order chi connectivity index (χ0) is 23.0. The lowest BCUT2D eigenvalue weighted by atomic mass is 10.0. The maximum absolute atomic E-state index is 14.2. The van der Waals surface area contributed by atoms with E-state index in [0.717, 1.165) is 10.9 Å². The molecule has 0 unspecified atom stereocenters. The van der Waals surface area contributed by atoms with Gasteiger partial charge in [-0.1, -0.05) is 30.9 Å². The first kappa shape index (κ1) is 22.0. The summed E-state index contributed by atoms with van der Waals surface area (Å²) in [5.74, 6) is -0.992. The molecule has 1 aliphatic heterocycles. The average Bonchev–Trinajstić information content (AvgIpc) is 3.44. The third-order valence-electron chi connectivity index (χ3n) is 6.17. The van der Waals surface area contributed by atoms with Crippen molar-refractivity contribution in [2.75, 3.05) is 26.2 Å². The minimum atomic E-state index is -1.18. The number of aromatic nitrogens is 2. The maximum atomic E-state index is 14.2. The molecule has 2 heterocycles. The highest BCUT2D eigenvalue weighted by Crippen LogP contribution is 2.37. The van der Waals surface area contributed by atoms with E-state index in [9.17, 15) is 19.1 Å². The number of halogens is 1. The van der Waals surface area contributed by atoms with Gasteiger partial charge in [0, 0.05) is 49.8 Å². The number of hydrogen-bond donors (Lipinski definition) is 1. The number of nitrogens with zero attached hydrogens (tertiary/aromatic N) is 4. The van der Waals surface area contributed by atoms with Crippen LogP contribution in [0.1, 0.15) is 25.3 Å². The van der Waals surface area contributed by atoms with Crippen molar-refractivity contribution >= 4 is 28.3 Å². The van der Waals surface area contributed by atoms with Crippen molar-refractivity contribution < 1.29 is 19.1 Å². The Hall–Kier alpha value is -3.26. The predicted molar refractivity (Wildman–Crippen MR) is 120 cm³/mol. The summed E-state index contributed by atoms with van der Waals surface area (Å²) in [5, 5.41) is 15.2. The summed E-state index contributed by atoms with van der Waals surface area (Å²) >= 11 is 0. The standard InChI is InChI=1S/C24H27FN4O3/c1-16(22(30)28-10-12-29(13-11-28)23(31)24(32)8-9-24)4-7-20(17(2)25)18-5-6-19-15-26-27(3)21(19)14-18/h4-7,14-15,32H,2,8-13H2,1,3H3/b16-4+,20-7+. The first-order valence-electron chi connectivity index (χ1n) is 10.7. The van der Waals surface area contributed by atoms with Crippen LogP contribution in [0.4, 0.5) is 4.39 Å². The van der Waals surface area contributed by atoms with E-state index in [4.69, 9.17) is 0 Å². The van der Waals surface area contributed by atoms with E-state index in [2.05, 4.69) is 11.7 Å². The number of carbonyl (C=O) groups is 2. The highest BCUT2D eigenvalue weighted by Gasteiger charge is 2.50. The van der Waals surface area contributed by atoms with E-state index in [1.807, 2.05) is 19.2 Å². The molecule has 2 aliphatic rings. The maximum Gasteiger partial charge on any atom is 0.254 e. The van der Waals surface area contributed by atoms with Crippen LogP contribution < -0.4 is 0 Å². The molecule has 8 heteroatoms. The minimum Gasteiger partial charge on any atom is -0.380 e. The summed E-state index contributed by atoms with van der Waals surface area (Å²) in [5.41, 5.74) is 1.10. The zero-order valence-electron chi connectivity index (χ0n) is 18.3. The van der Waals surface area contributed by atoms with Crippen LogP contribution in [0.2, 0.25) is 0 Å². The van der Waals surface area contributed by atoms with Gasteiger partial charge in [0.2, 0.25) is 5.91 Å². The number of piperazine rings is 1. The van der Waals surface area contributed by atoms with Gasteiger partial charge in [0.25, 0.3) is 5.91 Å². The number of rotatable bonds is 5. The normalized spacial score (nSPS) is 18.8. The SMILES string of the molecule is C=C(F)/C(=C\C=C(/C)C(=O)N1CCN(C(=O)C2(O)CC2)CC1)c1ccc2cnn(C)c2c1. The van der Waals surface area contributed by atoms with Gasteiger partial charge in [-0.05, 0) is 31.4 Å². The van der Waals surface area contributed by atoms with Gasteiger partial charge in [0.05, 0.1) is 11.7 Å². The highest BCUT2D eigenvalue weighted by atomic mass is 19.1. The molecule has 4 rings (SSSR count). The molecule has 168 valence electrons. The summed E-state index contributed by atoms with van der Waals surface area (Å²) in [6.07, 6.45) is 5.92. The monoisotopic (exact) mass is 438 g/mol. The molecule has 1 N–H and O–H groups in total. The molecule has 1 aliphatic carbocycles. The van der Waals surface area contributed by atoms with Gasteiger partial charge in [-0.25, -0.2) is 4.39 Å². The van der Waals surface area contributed by atoms with Gasteiger partial charge in [-0.3, -0.25) is 14.3 Å². The molecule has 7 nitrogen and oxygen atoms in total. The third kappa shape index (κ3) is 4.23. The van der Waals surface area contributed by atoms with Gasteiger partial charge in [-0.2, -0.15) is 5.10 Å². The van der Waals surface area contributed by atoms with Gasteiger partial charge in [0.15, 0.2) is 0 Å². The summed E-state index contributed by atoms with van der Waals surface area (Å²) in [6, 6.07) is 5.51. The number of aliphatic hydroxyl groups is 1. The molecule has 0 spiro atoms. The molecule has 0 radical (unpaired) electrons. The Balaban J connectivity index is 1.46. The second-order valence-electron chi connectivity index (χ2n) is 8.49. The lowest BCUT2D eigenvalue weighted by molar-refractivity contribution is -0.146. The number of amides is 2. The Morgan fingerprint density at radius 2 is 1.81 bits per heavy atom. The van der Waals surface area contributed by atoms with E-state index in [1.54, 1.807) is 45.8 Å². The van der Waals surface area contributed by atoms with Crippen LogP contribution in [0.3, 0.4) is 0 Å². The Morgan fingerprint density at radius 3 is 2.44 bits per heavy atom. The lowest BCUT2D eigenvalue weighted by Crippen LogP contribution is -2.53. The topological polar surface area (TPSA) is 78.7 Å². The minimum absolute atomic E-state index is 0.163. The van der Waals surface area contributed by atoms with E-state index in [-0.39, 0.29) is 11.8 Å². The number of allylic oxidation sites excluding steroid dienone is 4. The van der Waals surface area contributed by atoms with Crippen molar-refractivity contribution in [1.82, 2.24) is 19.6 Å². The molecule has 1 saturated carbocycles. The van der Waals surface area contributed by atoms with Crippen LogP contribution in [0, 0.1) is 0 Å². The average molecular weight is 439 g/mol. The van der Waals surface area contributed by atoms with E-state index >= 15 is 0 Å². The Morgan fingerprint density at radius 1 is 1.16 bits per heavy atom. The Labute approximate surface area is 186 Å². The Bertz CT molecular complexity index is 1150. The number of carbonyl (C=O) groups excluding carboxylic acids is 2. The van der Waals surface area contributed by atoms with Gasteiger partial charge < -0.3 is 14.9 Å². The second-order valence-corrected chi connectivity index (χ2v) is 8.49. The molecule has 32 heavy (non-hydrogen) atoms. The Kier molecular flexibility index (Phi) is 5.73. The van der Waals surface area contributed by atoms with Crippen molar-refractivity contribution in [3.05, 3.63) is 60.1 Å². The quantitative estimate of drug-likeness (QED) is 0.575. The summed E-state index contributed by atoms with van der Waals surface area (Å²) in [6.45, 7) is 6.72. The molecular weight excluding hydrogens is 411 g/mol. The van der Waals surface area contributed by atoms with E-state index in [0.29, 0.717) is 55.7 Å². The highest BCUT2D eigenvalue weighted by molar-refractivity contribution is 5.94. The van der Waals surface area contributed by atoms with Crippen LogP contribution in [0.15, 0.2) is 54.5 Å². The van der Waals surface area contributed by atoms with Gasteiger partial charge >= 0.3 is 0 Å². The first-order valence-corrected chi connectivity index (χ1v) is 10.7. The summed E-state index contributed by atoms with van der Waals surface area (Å²) < 4.78 is 16.0. The first-order chi connectivity index (χ1) is 15.2. The molecule has 2 aromatic rings. The van der Waals surface area contributed by atoms with Crippen LogP contribution >= 0.6 is 0 Å². The van der Waals surface area contributed by atoms with Gasteiger partial charge in [-0.15, -0.1) is 0 Å². The van der Waals surface area contributed by atoms with E-state index < -0.39 is 11.4 Å². The van der Waals surface area contributed by atoms with Crippen LogP contribution in [-0.4, -0.2) is 68.3 Å². The van der Waals surface area contributed by atoms with Crippen LogP contribution in [-0.2, 0) is 16.6 Å². The number of fused-ring (bicyclic) bond motifs is 1. The fraction of sp³-hybridized carbons (Fsp3) is 0.375. The molecule has 1 saturated heterocycles.